The first-order chi connectivity index (χ1) is 18.7. The summed E-state index contributed by atoms with van der Waals surface area (Å²) in [6, 6.07) is 5.93. The highest BCUT2D eigenvalue weighted by molar-refractivity contribution is 7.20. The molecular weight excluding hydrogens is 514 g/mol. The fourth-order valence-electron chi connectivity index (χ4n) is 6.81. The Balaban J connectivity index is 1.31. The maximum absolute atomic E-state index is 13.9. The highest BCUT2D eigenvalue weighted by Gasteiger charge is 2.55. The van der Waals surface area contributed by atoms with Gasteiger partial charge in [-0.15, -0.1) is 11.3 Å². The van der Waals surface area contributed by atoms with Gasteiger partial charge in [0.1, 0.15) is 16.3 Å². The largest absolute Gasteiger partial charge is 0.497 e. The number of aromatic nitrogens is 2. The molecule has 3 aliphatic heterocycles. The minimum Gasteiger partial charge on any atom is -0.497 e. The summed E-state index contributed by atoms with van der Waals surface area (Å²) in [4.78, 5) is 35.1. The van der Waals surface area contributed by atoms with Crippen LogP contribution in [0.4, 0.5) is 4.79 Å². The number of carbonyl (C=O) groups is 2. The Hall–Kier alpha value is -3.53. The molecule has 1 aromatic carbocycles. The lowest BCUT2D eigenvalue weighted by atomic mass is 9.82. The van der Waals surface area contributed by atoms with Gasteiger partial charge in [-0.05, 0) is 44.4 Å². The van der Waals surface area contributed by atoms with Crippen molar-refractivity contribution in [2.75, 3.05) is 33.9 Å². The third-order valence-corrected chi connectivity index (χ3v) is 9.89. The number of benzene rings is 1. The van der Waals surface area contributed by atoms with E-state index in [9.17, 15) is 9.59 Å². The Morgan fingerprint density at radius 3 is 2.56 bits per heavy atom. The summed E-state index contributed by atoms with van der Waals surface area (Å²) in [7, 11) is 5.23. The van der Waals surface area contributed by atoms with Gasteiger partial charge in [-0.2, -0.15) is 5.10 Å². The molecule has 1 spiro atoms. The Morgan fingerprint density at radius 2 is 1.92 bits per heavy atom. The zero-order valence-electron chi connectivity index (χ0n) is 23.4. The lowest BCUT2D eigenvalue weighted by molar-refractivity contribution is 0.0580. The number of amides is 3. The lowest BCUT2D eigenvalue weighted by Gasteiger charge is -2.44. The van der Waals surface area contributed by atoms with Crippen molar-refractivity contribution in [2.24, 2.45) is 7.05 Å². The first-order valence-electron chi connectivity index (χ1n) is 13.5. The number of rotatable bonds is 4. The van der Waals surface area contributed by atoms with Crippen molar-refractivity contribution >= 4 is 33.5 Å². The third-order valence-electron chi connectivity index (χ3n) is 8.70. The number of likely N-dealkylation sites (N-methyl/N-ethyl adjacent to an activating group) is 1. The van der Waals surface area contributed by atoms with Crippen LogP contribution in [-0.4, -0.2) is 75.8 Å². The predicted molar refractivity (Wildman–Crippen MR) is 151 cm³/mol. The van der Waals surface area contributed by atoms with Gasteiger partial charge in [0, 0.05) is 55.3 Å². The monoisotopic (exact) mass is 549 g/mol. The molecule has 39 heavy (non-hydrogen) atoms. The van der Waals surface area contributed by atoms with Crippen LogP contribution >= 0.6 is 11.3 Å². The molecule has 1 unspecified atom stereocenters. The zero-order valence-corrected chi connectivity index (χ0v) is 24.2. The van der Waals surface area contributed by atoms with Gasteiger partial charge in [-0.1, -0.05) is 13.0 Å². The first kappa shape index (κ1) is 25.7. The van der Waals surface area contributed by atoms with Crippen LogP contribution in [0.15, 0.2) is 30.0 Å². The molecule has 1 atom stereocenters. The van der Waals surface area contributed by atoms with Gasteiger partial charge in [0.05, 0.1) is 36.9 Å². The van der Waals surface area contributed by atoms with E-state index in [4.69, 9.17) is 9.47 Å². The van der Waals surface area contributed by atoms with Crippen molar-refractivity contribution < 1.29 is 19.1 Å². The molecule has 3 aromatic rings. The molecule has 0 saturated carbocycles. The van der Waals surface area contributed by atoms with Crippen molar-refractivity contribution in [1.82, 2.24) is 24.5 Å². The van der Waals surface area contributed by atoms with Gasteiger partial charge in [-0.3, -0.25) is 14.4 Å². The first-order valence-corrected chi connectivity index (χ1v) is 14.3. The molecule has 3 aliphatic rings. The van der Waals surface area contributed by atoms with Crippen molar-refractivity contribution in [1.29, 1.82) is 0 Å². The molecule has 0 radical (unpaired) electrons. The van der Waals surface area contributed by atoms with Gasteiger partial charge in [0.15, 0.2) is 0 Å². The molecular formula is C29H35N5O4S. The number of hydrogen-bond acceptors (Lipinski definition) is 6. The standard InChI is InChI=1S/C29H35N5O4S/c1-7-34-28(36)33-16-19-13-20(37-5)14-22(38-6)25(19)17(2)12-24(33)29(34)8-10-32(11-9-29)26(35)23-15-21-18(3)30-31(4)27(21)39-23/h12-15,17H,7-11,16H2,1-6H3. The van der Waals surface area contributed by atoms with E-state index in [0.717, 1.165) is 43.4 Å². The van der Waals surface area contributed by atoms with E-state index in [0.29, 0.717) is 44.8 Å². The number of aryl methyl sites for hydroxylation is 2. The third kappa shape index (κ3) is 3.75. The fraction of sp³-hybridized carbons (Fsp3) is 0.483. The van der Waals surface area contributed by atoms with E-state index in [1.165, 1.54) is 11.3 Å². The highest BCUT2D eigenvalue weighted by Crippen LogP contribution is 2.49. The number of urea groups is 1. The number of piperidine rings is 1. The second-order valence-electron chi connectivity index (χ2n) is 10.7. The summed E-state index contributed by atoms with van der Waals surface area (Å²) >= 11 is 1.50. The number of fused-ring (bicyclic) bond motifs is 4. The van der Waals surface area contributed by atoms with Crippen molar-refractivity contribution in [2.45, 2.75) is 51.6 Å². The van der Waals surface area contributed by atoms with Gasteiger partial charge in [0.25, 0.3) is 5.91 Å². The van der Waals surface area contributed by atoms with E-state index in [1.807, 2.05) is 58.5 Å². The number of likely N-dealkylation sites (tertiary alicyclic amines) is 1. The molecule has 3 amide bonds. The number of hydrogen-bond donors (Lipinski definition) is 0. The molecule has 0 aliphatic carbocycles. The molecule has 10 heteroatoms. The number of nitrogens with zero attached hydrogens (tertiary/aromatic N) is 5. The quantitative estimate of drug-likeness (QED) is 0.463. The smallest absolute Gasteiger partial charge is 0.325 e. The fourth-order valence-corrected chi connectivity index (χ4v) is 7.90. The van der Waals surface area contributed by atoms with Crippen LogP contribution < -0.4 is 9.47 Å². The molecule has 206 valence electrons. The minimum atomic E-state index is -0.434. The molecule has 6 rings (SSSR count). The summed E-state index contributed by atoms with van der Waals surface area (Å²) in [5, 5.41) is 5.50. The Labute approximate surface area is 232 Å². The van der Waals surface area contributed by atoms with Crippen LogP contribution in [0.5, 0.6) is 11.5 Å². The number of methoxy groups -OCH3 is 2. The van der Waals surface area contributed by atoms with Gasteiger partial charge < -0.3 is 19.3 Å². The van der Waals surface area contributed by atoms with E-state index in [1.54, 1.807) is 14.2 Å². The van der Waals surface area contributed by atoms with E-state index < -0.39 is 5.54 Å². The predicted octanol–water partition coefficient (Wildman–Crippen LogP) is 4.89. The van der Waals surface area contributed by atoms with Gasteiger partial charge in [0.2, 0.25) is 0 Å². The molecule has 9 nitrogen and oxygen atoms in total. The molecule has 0 bridgehead atoms. The molecule has 2 fully saturated rings. The van der Waals surface area contributed by atoms with Crippen LogP contribution in [0, 0.1) is 6.92 Å². The maximum atomic E-state index is 13.9. The second-order valence-corrected chi connectivity index (χ2v) is 11.7. The molecule has 2 saturated heterocycles. The summed E-state index contributed by atoms with van der Waals surface area (Å²) in [5.41, 5.74) is 3.68. The molecule has 5 heterocycles. The van der Waals surface area contributed by atoms with Crippen LogP contribution in [-0.2, 0) is 13.6 Å². The second kappa shape index (κ2) is 9.29. The van der Waals surface area contributed by atoms with Gasteiger partial charge in [-0.25, -0.2) is 4.79 Å². The number of allylic oxidation sites excluding steroid dienone is 1. The molecule has 2 aromatic heterocycles. The average Bonchev–Trinajstić information content (AvgIpc) is 3.51. The van der Waals surface area contributed by atoms with Crippen molar-refractivity contribution in [3.63, 3.8) is 0 Å². The normalized spacial score (nSPS) is 20.3. The zero-order chi connectivity index (χ0) is 27.6. The topological polar surface area (TPSA) is 80.1 Å². The van der Waals surface area contributed by atoms with Crippen LogP contribution in [0.25, 0.3) is 10.2 Å². The van der Waals surface area contributed by atoms with E-state index >= 15 is 0 Å². The van der Waals surface area contributed by atoms with Crippen molar-refractivity contribution in [3.8, 4) is 11.5 Å². The number of carbonyl (C=O) groups excluding carboxylic acids is 2. The minimum absolute atomic E-state index is 0.0258. The SMILES string of the molecule is CCN1C(=O)N2Cc3cc(OC)cc(OC)c3C(C)C=C2C12CCN(C(=O)c1cc3c(C)nn(C)c3s1)CC2. The van der Waals surface area contributed by atoms with E-state index in [-0.39, 0.29) is 17.9 Å². The number of ether oxygens (including phenoxy) is 2. The summed E-state index contributed by atoms with van der Waals surface area (Å²) < 4.78 is 13.1. The summed E-state index contributed by atoms with van der Waals surface area (Å²) in [5.74, 6) is 1.60. The highest BCUT2D eigenvalue weighted by atomic mass is 32.1. The van der Waals surface area contributed by atoms with Crippen LogP contribution in [0.3, 0.4) is 0 Å². The Kier molecular flexibility index (Phi) is 6.13. The Bertz CT molecular complexity index is 1480. The van der Waals surface area contributed by atoms with Crippen molar-refractivity contribution in [3.05, 3.63) is 51.7 Å². The number of thiophene rings is 1. The van der Waals surface area contributed by atoms with Crippen LogP contribution in [0.2, 0.25) is 0 Å². The molecule has 0 N–H and O–H groups in total. The Morgan fingerprint density at radius 1 is 1.18 bits per heavy atom. The van der Waals surface area contributed by atoms with E-state index in [2.05, 4.69) is 18.1 Å². The van der Waals surface area contributed by atoms with Crippen LogP contribution in [0.1, 0.15) is 59.1 Å². The lowest BCUT2D eigenvalue weighted by Crippen LogP contribution is -2.54. The van der Waals surface area contributed by atoms with Gasteiger partial charge >= 0.3 is 6.03 Å². The summed E-state index contributed by atoms with van der Waals surface area (Å²) in [6.07, 6.45) is 3.65. The summed E-state index contributed by atoms with van der Waals surface area (Å²) in [6.45, 7) is 8.45. The maximum Gasteiger partial charge on any atom is 0.325 e. The average molecular weight is 550 g/mol.